The molecule has 1 atom stereocenters. The number of halogens is 1. The molecule has 0 bridgehead atoms. The largest absolute Gasteiger partial charge is 0.481 e. The molecule has 0 aliphatic rings. The van der Waals surface area contributed by atoms with Gasteiger partial charge in [-0.2, -0.15) is 0 Å². The Labute approximate surface area is 113 Å². The van der Waals surface area contributed by atoms with E-state index in [9.17, 15) is 9.18 Å². The minimum atomic E-state index is -0.692. The van der Waals surface area contributed by atoms with E-state index < -0.39 is 11.9 Å². The zero-order chi connectivity index (χ0) is 14.6. The molecule has 106 valence electrons. The van der Waals surface area contributed by atoms with Crippen molar-refractivity contribution in [2.24, 2.45) is 5.73 Å². The lowest BCUT2D eigenvalue weighted by molar-refractivity contribution is -0.128. The molecule has 1 aromatic rings. The second-order valence-electron chi connectivity index (χ2n) is 5.46. The molecule has 5 heteroatoms. The van der Waals surface area contributed by atoms with Crippen LogP contribution in [0.3, 0.4) is 0 Å². The summed E-state index contributed by atoms with van der Waals surface area (Å²) in [5, 5.41) is 2.80. The number of nitrogens with two attached hydrogens (primary N) is 1. The van der Waals surface area contributed by atoms with E-state index in [4.69, 9.17) is 10.5 Å². The lowest BCUT2D eigenvalue weighted by Crippen LogP contribution is -2.46. The first-order valence-electron chi connectivity index (χ1n) is 6.20. The van der Waals surface area contributed by atoms with Crippen molar-refractivity contribution in [1.29, 1.82) is 0 Å². The Hall–Kier alpha value is -1.62. The van der Waals surface area contributed by atoms with Crippen LogP contribution in [0.5, 0.6) is 5.75 Å². The first kappa shape index (κ1) is 15.4. The van der Waals surface area contributed by atoms with Gasteiger partial charge in [-0.15, -0.1) is 0 Å². The van der Waals surface area contributed by atoms with Crippen molar-refractivity contribution < 1.29 is 13.9 Å². The molecule has 1 amide bonds. The van der Waals surface area contributed by atoms with Gasteiger partial charge in [-0.3, -0.25) is 4.79 Å². The minimum absolute atomic E-state index is 0.131. The average molecular weight is 268 g/mol. The zero-order valence-corrected chi connectivity index (χ0v) is 11.8. The number of carbonyl (C=O) groups is 1. The van der Waals surface area contributed by atoms with E-state index in [0.717, 1.165) is 0 Å². The summed E-state index contributed by atoms with van der Waals surface area (Å²) >= 11 is 0. The van der Waals surface area contributed by atoms with Gasteiger partial charge >= 0.3 is 0 Å². The van der Waals surface area contributed by atoms with E-state index in [1.54, 1.807) is 19.1 Å². The summed E-state index contributed by atoms with van der Waals surface area (Å²) in [5.74, 6) is -0.356. The third-order valence-electron chi connectivity index (χ3n) is 2.42. The summed E-state index contributed by atoms with van der Waals surface area (Å²) in [4.78, 5) is 11.8. The molecule has 0 saturated heterocycles. The molecule has 0 aliphatic carbocycles. The van der Waals surface area contributed by atoms with Crippen LogP contribution in [0.2, 0.25) is 0 Å². The highest BCUT2D eigenvalue weighted by Crippen LogP contribution is 2.17. The Morgan fingerprint density at radius 1 is 1.47 bits per heavy atom. The van der Waals surface area contributed by atoms with E-state index in [1.807, 2.05) is 20.8 Å². The molecule has 4 nitrogen and oxygen atoms in total. The van der Waals surface area contributed by atoms with Gasteiger partial charge in [0.05, 0.1) is 0 Å². The average Bonchev–Trinajstić information content (AvgIpc) is 2.27. The molecule has 0 spiro atoms. The molecule has 1 rings (SSSR count). The molecular weight excluding hydrogens is 247 g/mol. The number of rotatable bonds is 4. The number of carbonyl (C=O) groups excluding carboxylic acids is 1. The summed E-state index contributed by atoms with van der Waals surface area (Å²) in [6.45, 7) is 7.40. The highest BCUT2D eigenvalue weighted by Gasteiger charge is 2.20. The van der Waals surface area contributed by atoms with Crippen LogP contribution in [0.25, 0.3) is 0 Å². The summed E-state index contributed by atoms with van der Waals surface area (Å²) in [6, 6.07) is 4.40. The Balaban J connectivity index is 2.69. The van der Waals surface area contributed by atoms with Crippen molar-refractivity contribution in [2.45, 2.75) is 45.9 Å². The Morgan fingerprint density at radius 2 is 2.11 bits per heavy atom. The molecule has 0 fully saturated rings. The van der Waals surface area contributed by atoms with Crippen molar-refractivity contribution in [1.82, 2.24) is 5.32 Å². The standard InChI is InChI=1S/C14H21FN2O2/c1-9(13(18)17-14(2,3)4)19-11-6-5-10(8-16)12(15)7-11/h5-7,9H,8,16H2,1-4H3,(H,17,18). The molecule has 0 heterocycles. The fourth-order valence-electron chi connectivity index (χ4n) is 1.50. The summed E-state index contributed by atoms with van der Waals surface area (Å²) in [7, 11) is 0. The number of benzene rings is 1. The van der Waals surface area contributed by atoms with Crippen LogP contribution in [0.15, 0.2) is 18.2 Å². The predicted octanol–water partition coefficient (Wildman–Crippen LogP) is 1.97. The van der Waals surface area contributed by atoms with E-state index in [0.29, 0.717) is 11.3 Å². The van der Waals surface area contributed by atoms with Crippen molar-refractivity contribution in [2.75, 3.05) is 0 Å². The van der Waals surface area contributed by atoms with E-state index in [-0.39, 0.29) is 18.0 Å². The Bertz CT molecular complexity index is 455. The second kappa shape index (κ2) is 6.02. The minimum Gasteiger partial charge on any atom is -0.481 e. The van der Waals surface area contributed by atoms with Gasteiger partial charge in [0.15, 0.2) is 6.10 Å². The van der Waals surface area contributed by atoms with Crippen LogP contribution < -0.4 is 15.8 Å². The van der Waals surface area contributed by atoms with Gasteiger partial charge in [0.25, 0.3) is 5.91 Å². The maximum absolute atomic E-state index is 13.5. The molecule has 0 aliphatic heterocycles. The van der Waals surface area contributed by atoms with E-state index >= 15 is 0 Å². The fourth-order valence-corrected chi connectivity index (χ4v) is 1.50. The summed E-state index contributed by atoms with van der Waals surface area (Å²) in [5.41, 5.74) is 5.46. The van der Waals surface area contributed by atoms with Crippen molar-refractivity contribution in [3.63, 3.8) is 0 Å². The molecule has 1 aromatic carbocycles. The van der Waals surface area contributed by atoms with Gasteiger partial charge < -0.3 is 15.8 Å². The van der Waals surface area contributed by atoms with E-state index in [2.05, 4.69) is 5.32 Å². The monoisotopic (exact) mass is 268 g/mol. The number of hydrogen-bond donors (Lipinski definition) is 2. The number of ether oxygens (including phenoxy) is 1. The third kappa shape index (κ3) is 4.87. The quantitative estimate of drug-likeness (QED) is 0.877. The van der Waals surface area contributed by atoms with Gasteiger partial charge in [0.2, 0.25) is 0 Å². The maximum atomic E-state index is 13.5. The molecule has 3 N–H and O–H groups in total. The van der Waals surface area contributed by atoms with Gasteiger partial charge in [0, 0.05) is 23.7 Å². The lowest BCUT2D eigenvalue weighted by Gasteiger charge is -2.23. The zero-order valence-electron chi connectivity index (χ0n) is 11.8. The molecule has 19 heavy (non-hydrogen) atoms. The summed E-state index contributed by atoms with van der Waals surface area (Å²) < 4.78 is 18.9. The topological polar surface area (TPSA) is 64.3 Å². The predicted molar refractivity (Wildman–Crippen MR) is 72.3 cm³/mol. The lowest BCUT2D eigenvalue weighted by atomic mass is 10.1. The molecular formula is C14H21FN2O2. The normalized spacial score (nSPS) is 12.9. The molecule has 1 unspecified atom stereocenters. The SMILES string of the molecule is CC(Oc1ccc(CN)c(F)c1)C(=O)NC(C)(C)C. The Morgan fingerprint density at radius 3 is 2.58 bits per heavy atom. The smallest absolute Gasteiger partial charge is 0.261 e. The molecule has 0 saturated carbocycles. The summed E-state index contributed by atoms with van der Waals surface area (Å²) in [6.07, 6.45) is -0.692. The fraction of sp³-hybridized carbons (Fsp3) is 0.500. The van der Waals surface area contributed by atoms with Crippen LogP contribution in [-0.4, -0.2) is 17.6 Å². The van der Waals surface area contributed by atoms with Crippen LogP contribution in [-0.2, 0) is 11.3 Å². The van der Waals surface area contributed by atoms with E-state index in [1.165, 1.54) is 6.07 Å². The van der Waals surface area contributed by atoms with Crippen molar-refractivity contribution in [3.8, 4) is 5.75 Å². The van der Waals surface area contributed by atoms with Crippen LogP contribution in [0.1, 0.15) is 33.3 Å². The molecule has 0 radical (unpaired) electrons. The van der Waals surface area contributed by atoms with Crippen molar-refractivity contribution in [3.05, 3.63) is 29.6 Å². The number of nitrogens with one attached hydrogen (secondary N) is 1. The first-order valence-corrected chi connectivity index (χ1v) is 6.20. The van der Waals surface area contributed by atoms with Crippen molar-refractivity contribution >= 4 is 5.91 Å². The highest BCUT2D eigenvalue weighted by atomic mass is 19.1. The first-order chi connectivity index (χ1) is 8.73. The van der Waals surface area contributed by atoms with Crippen LogP contribution in [0.4, 0.5) is 4.39 Å². The maximum Gasteiger partial charge on any atom is 0.261 e. The van der Waals surface area contributed by atoms with Crippen LogP contribution >= 0.6 is 0 Å². The number of hydrogen-bond acceptors (Lipinski definition) is 3. The second-order valence-corrected chi connectivity index (χ2v) is 5.46. The number of amides is 1. The third-order valence-corrected chi connectivity index (χ3v) is 2.42. The molecule has 0 aromatic heterocycles. The van der Waals surface area contributed by atoms with Gasteiger partial charge in [-0.25, -0.2) is 4.39 Å². The highest BCUT2D eigenvalue weighted by molar-refractivity contribution is 5.81. The van der Waals surface area contributed by atoms with Gasteiger partial charge in [-0.05, 0) is 33.8 Å². The van der Waals surface area contributed by atoms with Crippen LogP contribution in [0, 0.1) is 5.82 Å². The Kier molecular flexibility index (Phi) is 4.89. The van der Waals surface area contributed by atoms with Gasteiger partial charge in [-0.1, -0.05) is 6.07 Å². The van der Waals surface area contributed by atoms with Gasteiger partial charge in [0.1, 0.15) is 11.6 Å².